The predicted molar refractivity (Wildman–Crippen MR) is 115 cm³/mol. The zero-order valence-electron chi connectivity index (χ0n) is 17.5. The fraction of sp³-hybridized carbons (Fsp3) is 0.348. The Morgan fingerprint density at radius 3 is 2.69 bits per heavy atom. The highest BCUT2D eigenvalue weighted by molar-refractivity contribution is 5.99. The van der Waals surface area contributed by atoms with Crippen molar-refractivity contribution in [2.75, 3.05) is 36.4 Å². The maximum atomic E-state index is 12.8. The van der Waals surface area contributed by atoms with E-state index in [0.717, 1.165) is 23.4 Å². The lowest BCUT2D eigenvalue weighted by Crippen LogP contribution is -2.53. The molecule has 2 aromatic rings. The highest BCUT2D eigenvalue weighted by Crippen LogP contribution is 2.30. The molecule has 2 aliphatic rings. The Bertz CT molecular complexity index is 1050. The molecule has 2 heterocycles. The van der Waals surface area contributed by atoms with Crippen LogP contribution >= 0.6 is 0 Å². The number of pyridine rings is 1. The molecule has 0 spiro atoms. The van der Waals surface area contributed by atoms with Gasteiger partial charge in [0.15, 0.2) is 5.78 Å². The number of nitrogens with zero attached hydrogens (tertiary/aromatic N) is 3. The van der Waals surface area contributed by atoms with E-state index in [2.05, 4.69) is 10.3 Å². The van der Waals surface area contributed by atoms with Gasteiger partial charge >= 0.3 is 6.18 Å². The van der Waals surface area contributed by atoms with E-state index in [1.54, 1.807) is 18.2 Å². The number of benzene rings is 1. The van der Waals surface area contributed by atoms with E-state index in [4.69, 9.17) is 0 Å². The zero-order chi connectivity index (χ0) is 22.9. The minimum absolute atomic E-state index is 0.00722. The fourth-order valence-electron chi connectivity index (χ4n) is 4.06. The van der Waals surface area contributed by atoms with Crippen LogP contribution in [0.3, 0.4) is 0 Å². The van der Waals surface area contributed by atoms with Gasteiger partial charge in [-0.2, -0.15) is 13.2 Å². The summed E-state index contributed by atoms with van der Waals surface area (Å²) in [6.07, 6.45) is 0.115. The summed E-state index contributed by atoms with van der Waals surface area (Å²) in [7, 11) is 0. The maximum Gasteiger partial charge on any atom is 0.417 e. The number of nitrogens with one attached hydrogen (secondary N) is 1. The first-order valence-corrected chi connectivity index (χ1v) is 10.3. The smallest absolute Gasteiger partial charge is 0.351 e. The lowest BCUT2D eigenvalue weighted by Gasteiger charge is -2.40. The molecule has 0 bridgehead atoms. The van der Waals surface area contributed by atoms with Gasteiger partial charge in [-0.1, -0.05) is 12.1 Å². The third-order valence-electron chi connectivity index (χ3n) is 5.69. The topological polar surface area (TPSA) is 65.5 Å². The molecule has 1 aliphatic heterocycles. The Morgan fingerprint density at radius 2 is 2.00 bits per heavy atom. The van der Waals surface area contributed by atoms with Crippen LogP contribution in [0.4, 0.5) is 24.7 Å². The molecule has 1 amide bonds. The molecule has 168 valence electrons. The van der Waals surface area contributed by atoms with Crippen molar-refractivity contribution in [1.82, 2.24) is 9.88 Å². The van der Waals surface area contributed by atoms with E-state index < -0.39 is 11.7 Å². The number of fused-ring (bicyclic) bond motifs is 1. The van der Waals surface area contributed by atoms with E-state index in [1.807, 2.05) is 28.9 Å². The van der Waals surface area contributed by atoms with E-state index in [1.165, 1.54) is 6.07 Å². The quantitative estimate of drug-likeness (QED) is 0.783. The second-order valence-electron chi connectivity index (χ2n) is 8.12. The number of anilines is 2. The van der Waals surface area contributed by atoms with Crippen LogP contribution in [-0.2, 0) is 22.2 Å². The number of allylic oxidation sites excluding steroid dienone is 1. The summed E-state index contributed by atoms with van der Waals surface area (Å²) < 4.78 is 38.3. The summed E-state index contributed by atoms with van der Waals surface area (Å²) >= 11 is 0. The Morgan fingerprint density at radius 1 is 1.19 bits per heavy atom. The number of carbonyl (C=O) groups is 2. The van der Waals surface area contributed by atoms with Crippen LogP contribution in [0.5, 0.6) is 0 Å². The molecule has 1 fully saturated rings. The summed E-state index contributed by atoms with van der Waals surface area (Å²) in [5.41, 5.74) is 1.77. The minimum atomic E-state index is -4.41. The average Bonchev–Trinajstić information content (AvgIpc) is 2.73. The maximum absolute atomic E-state index is 12.8. The molecule has 1 aliphatic carbocycles. The highest BCUT2D eigenvalue weighted by Gasteiger charge is 2.32. The monoisotopic (exact) mass is 444 g/mol. The molecule has 1 N–H and O–H groups in total. The molecule has 0 saturated carbocycles. The van der Waals surface area contributed by atoms with Crippen molar-refractivity contribution >= 4 is 29.3 Å². The van der Waals surface area contributed by atoms with Crippen LogP contribution in [0.1, 0.15) is 23.6 Å². The van der Waals surface area contributed by atoms with Crippen molar-refractivity contribution < 1.29 is 22.8 Å². The fourth-order valence-corrected chi connectivity index (χ4v) is 4.06. The zero-order valence-corrected chi connectivity index (χ0v) is 17.5. The van der Waals surface area contributed by atoms with Gasteiger partial charge < -0.3 is 10.2 Å². The van der Waals surface area contributed by atoms with Crippen LogP contribution in [0.25, 0.3) is 6.08 Å². The van der Waals surface area contributed by atoms with E-state index in [9.17, 15) is 22.8 Å². The van der Waals surface area contributed by atoms with E-state index in [0.29, 0.717) is 37.6 Å². The van der Waals surface area contributed by atoms with Crippen molar-refractivity contribution in [3.8, 4) is 0 Å². The van der Waals surface area contributed by atoms with Gasteiger partial charge in [0.2, 0.25) is 5.91 Å². The van der Waals surface area contributed by atoms with E-state index in [-0.39, 0.29) is 24.3 Å². The molecule has 1 aromatic heterocycles. The third kappa shape index (κ3) is 4.99. The van der Waals surface area contributed by atoms with Gasteiger partial charge in [0.1, 0.15) is 5.82 Å². The van der Waals surface area contributed by atoms with Gasteiger partial charge in [0.05, 0.1) is 12.1 Å². The van der Waals surface area contributed by atoms with Crippen molar-refractivity contribution in [1.29, 1.82) is 0 Å². The summed E-state index contributed by atoms with van der Waals surface area (Å²) in [5.74, 6) is 0.415. The Kier molecular flexibility index (Phi) is 6.01. The molecule has 32 heavy (non-hydrogen) atoms. The van der Waals surface area contributed by atoms with Gasteiger partial charge in [-0.05, 0) is 48.4 Å². The van der Waals surface area contributed by atoms with Gasteiger partial charge in [-0.15, -0.1) is 0 Å². The van der Waals surface area contributed by atoms with E-state index >= 15 is 0 Å². The molecular weight excluding hydrogens is 421 g/mol. The van der Waals surface area contributed by atoms with Crippen molar-refractivity contribution in [2.24, 2.45) is 0 Å². The number of aromatic nitrogens is 1. The molecule has 1 atom stereocenters. The second-order valence-corrected chi connectivity index (χ2v) is 8.12. The Labute approximate surface area is 183 Å². The molecule has 6 nitrogen and oxygen atoms in total. The van der Waals surface area contributed by atoms with Crippen LogP contribution in [0, 0.1) is 0 Å². The average molecular weight is 444 g/mol. The van der Waals surface area contributed by atoms with Gasteiger partial charge in [-0.3, -0.25) is 14.5 Å². The number of hydrogen-bond acceptors (Lipinski definition) is 5. The van der Waals surface area contributed by atoms with Crippen LogP contribution < -0.4 is 10.2 Å². The molecule has 0 radical (unpaired) electrons. The molecule has 4 rings (SSSR count). The predicted octanol–water partition coefficient (Wildman–Crippen LogP) is 3.39. The molecule has 1 saturated heterocycles. The number of halogens is 3. The second kappa shape index (κ2) is 8.74. The molecule has 0 unspecified atom stereocenters. The first-order chi connectivity index (χ1) is 15.2. The minimum Gasteiger partial charge on any atom is -0.351 e. The molecule has 9 heteroatoms. The standard InChI is InChI=1S/C23H23F3N4O2/c1-15-13-29(8-9-30(15)21-7-4-18(12-27-21)23(24,25)26)14-22(32)28-19-5-2-17-11-20(31)6-3-16(17)10-19/h2-7,10,12,15H,8-9,11,13-14H2,1H3,(H,28,32)/t15-/m1/s1. The van der Waals surface area contributed by atoms with Crippen LogP contribution in [-0.4, -0.2) is 53.8 Å². The number of rotatable bonds is 4. The van der Waals surface area contributed by atoms with Crippen molar-refractivity contribution in [2.45, 2.75) is 25.6 Å². The first-order valence-electron chi connectivity index (χ1n) is 10.3. The number of ketones is 1. The van der Waals surface area contributed by atoms with Crippen molar-refractivity contribution in [3.63, 3.8) is 0 Å². The number of piperazine rings is 1. The lowest BCUT2D eigenvalue weighted by atomic mass is 9.96. The SMILES string of the molecule is C[C@@H]1CN(CC(=O)Nc2ccc3c(c2)C=CC(=O)C3)CCN1c1ccc(C(F)(F)F)cn1. The summed E-state index contributed by atoms with van der Waals surface area (Å²) in [6.45, 7) is 3.91. The Hall–Kier alpha value is -3.20. The number of amides is 1. The number of carbonyl (C=O) groups excluding carboxylic acids is 2. The lowest BCUT2D eigenvalue weighted by molar-refractivity contribution is -0.137. The summed E-state index contributed by atoms with van der Waals surface area (Å²) in [4.78, 5) is 32.0. The molecule has 1 aromatic carbocycles. The number of alkyl halides is 3. The summed E-state index contributed by atoms with van der Waals surface area (Å²) in [6, 6.07) is 7.92. The van der Waals surface area contributed by atoms with Crippen LogP contribution in [0.15, 0.2) is 42.6 Å². The largest absolute Gasteiger partial charge is 0.417 e. The van der Waals surface area contributed by atoms with Crippen molar-refractivity contribution in [3.05, 3.63) is 59.3 Å². The summed E-state index contributed by atoms with van der Waals surface area (Å²) in [5, 5.41) is 2.90. The Balaban J connectivity index is 1.32. The van der Waals surface area contributed by atoms with Gasteiger partial charge in [0, 0.05) is 44.0 Å². The third-order valence-corrected chi connectivity index (χ3v) is 5.69. The normalized spacial score (nSPS) is 19.1. The number of hydrogen-bond donors (Lipinski definition) is 1. The van der Waals surface area contributed by atoms with Gasteiger partial charge in [0.25, 0.3) is 0 Å². The highest BCUT2D eigenvalue weighted by atomic mass is 19.4. The van der Waals surface area contributed by atoms with Crippen LogP contribution in [0.2, 0.25) is 0 Å². The van der Waals surface area contributed by atoms with Gasteiger partial charge in [-0.25, -0.2) is 4.98 Å². The molecular formula is C23H23F3N4O2. The first kappa shape index (κ1) is 22.0.